The molecule has 1 unspecified atom stereocenters. The highest BCUT2D eigenvalue weighted by Crippen LogP contribution is 2.12. The Bertz CT molecular complexity index is 957. The number of rotatable bonds is 38. The average molecular weight is 725 g/mol. The minimum Gasteiger partial charge on any atom is -0.462 e. The molecule has 0 radical (unpaired) electrons. The summed E-state index contributed by atoms with van der Waals surface area (Å²) in [5.41, 5.74) is 0. The van der Waals surface area contributed by atoms with E-state index in [9.17, 15) is 9.59 Å². The Morgan fingerprint density at radius 3 is 1.46 bits per heavy atom. The van der Waals surface area contributed by atoms with Crippen LogP contribution in [0.4, 0.5) is 0 Å². The molecular weight excluding hydrogens is 645 g/mol. The molecule has 0 aromatic heterocycles. The van der Waals surface area contributed by atoms with Gasteiger partial charge in [-0.25, -0.2) is 0 Å². The fourth-order valence-corrected chi connectivity index (χ4v) is 5.55. The van der Waals surface area contributed by atoms with Crippen molar-refractivity contribution < 1.29 is 23.8 Å². The van der Waals surface area contributed by atoms with Crippen LogP contribution in [0.5, 0.6) is 0 Å². The van der Waals surface area contributed by atoms with Crippen LogP contribution < -0.4 is 0 Å². The Labute approximate surface area is 321 Å². The molecule has 0 aliphatic carbocycles. The van der Waals surface area contributed by atoms with Crippen molar-refractivity contribution in [3.05, 3.63) is 72.9 Å². The van der Waals surface area contributed by atoms with Crippen LogP contribution in [0.2, 0.25) is 0 Å². The van der Waals surface area contributed by atoms with E-state index >= 15 is 0 Å². The quantitative estimate of drug-likeness (QED) is 0.0360. The normalized spacial score (nSPS) is 12.9. The number of carbonyl (C=O) groups is 2. The van der Waals surface area contributed by atoms with Gasteiger partial charge in [0.05, 0.1) is 6.61 Å². The molecule has 298 valence electrons. The largest absolute Gasteiger partial charge is 0.462 e. The third-order valence-corrected chi connectivity index (χ3v) is 8.71. The van der Waals surface area contributed by atoms with Gasteiger partial charge in [0.15, 0.2) is 6.10 Å². The molecule has 0 spiro atoms. The van der Waals surface area contributed by atoms with Gasteiger partial charge in [0.2, 0.25) is 0 Å². The van der Waals surface area contributed by atoms with E-state index in [2.05, 4.69) is 93.7 Å². The van der Waals surface area contributed by atoms with Crippen LogP contribution in [-0.2, 0) is 23.8 Å². The van der Waals surface area contributed by atoms with Crippen LogP contribution in [0.3, 0.4) is 0 Å². The molecule has 0 bridgehead atoms. The Morgan fingerprint density at radius 2 is 0.904 bits per heavy atom. The molecule has 0 amide bonds. The Balaban J connectivity index is 4.35. The van der Waals surface area contributed by atoms with E-state index in [1.807, 2.05) is 0 Å². The fraction of sp³-hybridized carbons (Fsp3) is 0.702. The van der Waals surface area contributed by atoms with Crippen molar-refractivity contribution >= 4 is 11.9 Å². The summed E-state index contributed by atoms with van der Waals surface area (Å²) in [6.07, 6.45) is 53.4. The maximum Gasteiger partial charge on any atom is 0.306 e. The first-order valence-electron chi connectivity index (χ1n) is 21.5. The van der Waals surface area contributed by atoms with Gasteiger partial charge in [0.1, 0.15) is 6.61 Å². The molecule has 0 saturated heterocycles. The van der Waals surface area contributed by atoms with E-state index in [1.165, 1.54) is 57.8 Å². The summed E-state index contributed by atoms with van der Waals surface area (Å²) in [5.74, 6) is -0.450. The van der Waals surface area contributed by atoms with E-state index < -0.39 is 6.10 Å². The van der Waals surface area contributed by atoms with Gasteiger partial charge >= 0.3 is 11.9 Å². The molecule has 0 rings (SSSR count). The molecule has 0 saturated carbocycles. The van der Waals surface area contributed by atoms with E-state index in [0.29, 0.717) is 19.4 Å². The number of hydrogen-bond acceptors (Lipinski definition) is 5. The zero-order chi connectivity index (χ0) is 37.8. The standard InChI is InChI=1S/C47H80O5/c1-4-7-10-13-16-19-21-23-25-27-30-33-36-39-42-50-43-45(52-47(49)41-38-35-32-28-18-15-12-9-6-3)44-51-46(48)40-37-34-31-29-26-24-22-20-17-14-11-8-5-2/h7,10-11,14,16,19-20,22-23,25,30,33,45H,4-6,8-9,12-13,15,17-18,21,24,26-29,31-32,34-44H2,1-3H3/b10-7-,14-11-,19-16-,22-20-,25-23-,33-30-. The molecule has 0 aliphatic heterocycles. The van der Waals surface area contributed by atoms with Crippen molar-refractivity contribution in [1.82, 2.24) is 0 Å². The van der Waals surface area contributed by atoms with Gasteiger partial charge in [0.25, 0.3) is 0 Å². The highest BCUT2D eigenvalue weighted by atomic mass is 16.6. The summed E-state index contributed by atoms with van der Waals surface area (Å²) < 4.78 is 17.2. The molecular formula is C47H80O5. The second-order valence-corrected chi connectivity index (χ2v) is 13.9. The molecule has 52 heavy (non-hydrogen) atoms. The van der Waals surface area contributed by atoms with Crippen LogP contribution in [-0.4, -0.2) is 37.9 Å². The van der Waals surface area contributed by atoms with E-state index in [-0.39, 0.29) is 25.2 Å². The van der Waals surface area contributed by atoms with Crippen molar-refractivity contribution in [2.45, 2.75) is 194 Å². The predicted octanol–water partition coefficient (Wildman–Crippen LogP) is 14.0. The topological polar surface area (TPSA) is 61.8 Å². The van der Waals surface area contributed by atoms with Crippen molar-refractivity contribution in [2.24, 2.45) is 0 Å². The summed E-state index contributed by atoms with van der Waals surface area (Å²) in [6.45, 7) is 7.47. The zero-order valence-electron chi connectivity index (χ0n) is 34.1. The third-order valence-electron chi connectivity index (χ3n) is 8.71. The Kier molecular flexibility index (Phi) is 40.6. The molecule has 1 atom stereocenters. The predicted molar refractivity (Wildman–Crippen MR) is 224 cm³/mol. The third kappa shape index (κ3) is 40.1. The van der Waals surface area contributed by atoms with Crippen molar-refractivity contribution in [1.29, 1.82) is 0 Å². The van der Waals surface area contributed by atoms with Gasteiger partial charge in [-0.05, 0) is 77.0 Å². The fourth-order valence-electron chi connectivity index (χ4n) is 5.55. The summed E-state index contributed by atoms with van der Waals surface area (Å²) in [7, 11) is 0. The van der Waals surface area contributed by atoms with E-state index in [4.69, 9.17) is 14.2 Å². The number of allylic oxidation sites excluding steroid dienone is 12. The smallest absolute Gasteiger partial charge is 0.306 e. The first-order valence-corrected chi connectivity index (χ1v) is 21.5. The summed E-state index contributed by atoms with van der Waals surface area (Å²) in [6, 6.07) is 0. The number of unbranched alkanes of at least 4 members (excludes halogenated alkanes) is 15. The monoisotopic (exact) mass is 725 g/mol. The van der Waals surface area contributed by atoms with Gasteiger partial charge < -0.3 is 14.2 Å². The van der Waals surface area contributed by atoms with Gasteiger partial charge in [-0.15, -0.1) is 0 Å². The molecule has 0 aromatic rings. The summed E-state index contributed by atoms with van der Waals surface area (Å²) >= 11 is 0. The highest BCUT2D eigenvalue weighted by molar-refractivity contribution is 5.70. The maximum atomic E-state index is 12.6. The maximum absolute atomic E-state index is 12.6. The van der Waals surface area contributed by atoms with Crippen molar-refractivity contribution in [3.8, 4) is 0 Å². The lowest BCUT2D eigenvalue weighted by molar-refractivity contribution is -0.163. The van der Waals surface area contributed by atoms with Crippen molar-refractivity contribution in [3.63, 3.8) is 0 Å². The first kappa shape index (κ1) is 49.3. The number of hydrogen-bond donors (Lipinski definition) is 0. The highest BCUT2D eigenvalue weighted by Gasteiger charge is 2.17. The van der Waals surface area contributed by atoms with Gasteiger partial charge in [0, 0.05) is 19.4 Å². The molecule has 5 nitrogen and oxygen atoms in total. The van der Waals surface area contributed by atoms with E-state index in [0.717, 1.165) is 96.3 Å². The Hall–Kier alpha value is -2.66. The number of esters is 2. The minimum absolute atomic E-state index is 0.0547. The summed E-state index contributed by atoms with van der Waals surface area (Å²) in [5, 5.41) is 0. The number of carbonyl (C=O) groups excluding carboxylic acids is 2. The van der Waals surface area contributed by atoms with Gasteiger partial charge in [-0.3, -0.25) is 9.59 Å². The SMILES string of the molecule is CC/C=C\C/C=C\C/C=C\C/C=C\CCCOCC(COC(=O)CCCCCCC/C=C\C/C=C\CCC)OC(=O)CCCCCCCCCCC. The van der Waals surface area contributed by atoms with E-state index in [1.54, 1.807) is 0 Å². The second-order valence-electron chi connectivity index (χ2n) is 13.9. The summed E-state index contributed by atoms with van der Waals surface area (Å²) in [4.78, 5) is 25.1. The molecule has 0 fully saturated rings. The lowest BCUT2D eigenvalue weighted by Gasteiger charge is -2.18. The second kappa shape index (κ2) is 42.8. The van der Waals surface area contributed by atoms with Crippen LogP contribution in [0, 0.1) is 0 Å². The molecule has 0 heterocycles. The van der Waals surface area contributed by atoms with Crippen LogP contribution in [0.1, 0.15) is 188 Å². The van der Waals surface area contributed by atoms with Crippen LogP contribution >= 0.6 is 0 Å². The first-order chi connectivity index (χ1) is 25.6. The van der Waals surface area contributed by atoms with Crippen LogP contribution in [0.15, 0.2) is 72.9 Å². The minimum atomic E-state index is -0.567. The molecule has 0 aromatic carbocycles. The van der Waals surface area contributed by atoms with Crippen LogP contribution in [0.25, 0.3) is 0 Å². The Morgan fingerprint density at radius 1 is 0.442 bits per heavy atom. The molecule has 5 heteroatoms. The lowest BCUT2D eigenvalue weighted by Crippen LogP contribution is -2.30. The van der Waals surface area contributed by atoms with Crippen molar-refractivity contribution in [2.75, 3.05) is 19.8 Å². The molecule has 0 N–H and O–H groups in total. The van der Waals surface area contributed by atoms with Gasteiger partial charge in [-0.2, -0.15) is 0 Å². The lowest BCUT2D eigenvalue weighted by atomic mass is 10.1. The molecule has 0 aliphatic rings. The average Bonchev–Trinajstić information content (AvgIpc) is 3.14. The number of ether oxygens (including phenoxy) is 3. The zero-order valence-corrected chi connectivity index (χ0v) is 34.1. The van der Waals surface area contributed by atoms with Gasteiger partial charge in [-0.1, -0.05) is 171 Å².